The summed E-state index contributed by atoms with van der Waals surface area (Å²) in [6.07, 6.45) is 0. The molecule has 0 N–H and O–H groups in total. The average molecular weight is 457 g/mol. The summed E-state index contributed by atoms with van der Waals surface area (Å²) in [6, 6.07) is 10.1. The Kier molecular flexibility index (Phi) is 7.18. The maximum atomic E-state index is 12.5. The first-order valence-electron chi connectivity index (χ1n) is 5.35. The number of halogens is 5. The number of benzene rings is 2. The van der Waals surface area contributed by atoms with Crippen molar-refractivity contribution in [2.45, 2.75) is 13.6 Å². The average Bonchev–Trinajstić information content (AvgIpc) is 2.36. The van der Waals surface area contributed by atoms with Crippen LogP contribution in [-0.2, 0) is 6.67 Å². The third-order valence-electron chi connectivity index (χ3n) is 2.29. The molecule has 0 aliphatic carbocycles. The van der Waals surface area contributed by atoms with Crippen LogP contribution in [0.15, 0.2) is 49.8 Å². The molecule has 2 rings (SSSR count). The minimum atomic E-state index is -0.389. The quantitative estimate of drug-likeness (QED) is 0.454. The molecule has 0 radical (unpaired) electrons. The molecule has 0 aromatic heterocycles. The van der Waals surface area contributed by atoms with Crippen molar-refractivity contribution in [2.75, 3.05) is 0 Å². The number of hydrogen-bond acceptors (Lipinski definition) is 0. The third-order valence-corrected chi connectivity index (χ3v) is 4.43. The minimum Gasteiger partial charge on any atom is -0.246 e. The van der Waals surface area contributed by atoms with Crippen LogP contribution in [0.4, 0.5) is 8.78 Å². The molecule has 2 aromatic rings. The van der Waals surface area contributed by atoms with Gasteiger partial charge in [-0.05, 0) is 42.3 Å². The molecule has 102 valence electrons. The molecule has 0 atom stereocenters. The smallest absolute Gasteiger partial charge is 0.125 e. The molecule has 0 amide bonds. The lowest BCUT2D eigenvalue weighted by Gasteiger charge is -1.99. The van der Waals surface area contributed by atoms with Crippen molar-refractivity contribution in [1.82, 2.24) is 0 Å². The molecular weight excluding hydrogens is 446 g/mol. The maximum absolute atomic E-state index is 12.5. The summed E-state index contributed by atoms with van der Waals surface area (Å²) in [4.78, 5) is 0. The van der Waals surface area contributed by atoms with E-state index in [1.807, 2.05) is 19.1 Å². The van der Waals surface area contributed by atoms with E-state index < -0.39 is 0 Å². The highest BCUT2D eigenvalue weighted by atomic mass is 79.9. The van der Waals surface area contributed by atoms with Crippen molar-refractivity contribution >= 4 is 47.8 Å². The van der Waals surface area contributed by atoms with E-state index in [-0.39, 0.29) is 12.5 Å². The van der Waals surface area contributed by atoms with Crippen LogP contribution in [0.5, 0.6) is 0 Å². The molecule has 19 heavy (non-hydrogen) atoms. The molecule has 0 heterocycles. The number of rotatable bonds is 1. The van der Waals surface area contributed by atoms with Crippen molar-refractivity contribution in [1.29, 1.82) is 0 Å². The van der Waals surface area contributed by atoms with Crippen molar-refractivity contribution in [3.05, 3.63) is 66.8 Å². The Morgan fingerprint density at radius 2 is 1.58 bits per heavy atom. The zero-order valence-corrected chi connectivity index (χ0v) is 14.8. The first-order valence-corrected chi connectivity index (χ1v) is 7.73. The molecule has 0 aliphatic heterocycles. The molecule has 0 bridgehead atoms. The lowest BCUT2D eigenvalue weighted by Crippen LogP contribution is -1.80. The van der Waals surface area contributed by atoms with Gasteiger partial charge in [0.05, 0.1) is 0 Å². The van der Waals surface area contributed by atoms with Crippen LogP contribution >= 0.6 is 47.8 Å². The van der Waals surface area contributed by atoms with Gasteiger partial charge in [0, 0.05) is 13.4 Å². The summed E-state index contributed by atoms with van der Waals surface area (Å²) in [7, 11) is 0. The molecular formula is C14H11Br3F2. The summed E-state index contributed by atoms with van der Waals surface area (Å²) < 4.78 is 26.9. The molecule has 0 nitrogen and oxygen atoms in total. The highest BCUT2D eigenvalue weighted by Gasteiger charge is 2.01. The minimum absolute atomic E-state index is 0.232. The number of alkyl halides is 1. The summed E-state index contributed by atoms with van der Waals surface area (Å²) in [5.74, 6) is -0.232. The largest absolute Gasteiger partial charge is 0.246 e. The van der Waals surface area contributed by atoms with Crippen LogP contribution in [0.2, 0.25) is 0 Å². The van der Waals surface area contributed by atoms with Crippen molar-refractivity contribution < 1.29 is 8.78 Å². The lowest BCUT2D eigenvalue weighted by molar-refractivity contribution is 0.485. The molecule has 2 aromatic carbocycles. The Morgan fingerprint density at radius 3 is 2.00 bits per heavy atom. The topological polar surface area (TPSA) is 0 Å². The van der Waals surface area contributed by atoms with E-state index >= 15 is 0 Å². The van der Waals surface area contributed by atoms with Gasteiger partial charge in [-0.2, -0.15) is 0 Å². The van der Waals surface area contributed by atoms with Gasteiger partial charge >= 0.3 is 0 Å². The van der Waals surface area contributed by atoms with Crippen molar-refractivity contribution in [3.8, 4) is 0 Å². The van der Waals surface area contributed by atoms with E-state index in [0.29, 0.717) is 5.56 Å². The molecule has 0 aliphatic rings. The van der Waals surface area contributed by atoms with Gasteiger partial charge < -0.3 is 0 Å². The van der Waals surface area contributed by atoms with E-state index in [4.69, 9.17) is 0 Å². The van der Waals surface area contributed by atoms with Crippen LogP contribution < -0.4 is 0 Å². The van der Waals surface area contributed by atoms with Gasteiger partial charge in [-0.25, -0.2) is 8.78 Å². The first-order chi connectivity index (χ1) is 8.93. The van der Waals surface area contributed by atoms with Gasteiger partial charge in [-0.15, -0.1) is 0 Å². The Morgan fingerprint density at radius 1 is 1.00 bits per heavy atom. The molecule has 0 unspecified atom stereocenters. The second kappa shape index (κ2) is 8.12. The highest BCUT2D eigenvalue weighted by molar-refractivity contribution is 9.11. The van der Waals surface area contributed by atoms with Gasteiger partial charge in [0.15, 0.2) is 0 Å². The van der Waals surface area contributed by atoms with E-state index in [2.05, 4.69) is 47.8 Å². The monoisotopic (exact) mass is 454 g/mol. The van der Waals surface area contributed by atoms with E-state index in [0.717, 1.165) is 19.0 Å². The zero-order chi connectivity index (χ0) is 14.4. The summed E-state index contributed by atoms with van der Waals surface area (Å²) in [5, 5.41) is 0. The second-order valence-corrected chi connectivity index (χ2v) is 6.38. The third kappa shape index (κ3) is 5.71. The van der Waals surface area contributed by atoms with Crippen molar-refractivity contribution in [2.24, 2.45) is 0 Å². The standard InChI is InChI=1S/C7H5Br2F.C7H6BrF/c1-4-6(8)2-5(10)3-7(4)9;8-7-3-1-2-6(4-7)5-9/h2-3H,1H3;1-4H,5H2. The Bertz CT molecular complexity index is 533. The molecule has 0 saturated carbocycles. The molecule has 0 spiro atoms. The summed E-state index contributed by atoms with van der Waals surface area (Å²) in [5.41, 5.74) is 1.73. The molecule has 5 heteroatoms. The predicted octanol–water partition coefficient (Wildman–Crippen LogP) is 6.58. The Balaban J connectivity index is 0.000000191. The predicted molar refractivity (Wildman–Crippen MR) is 85.5 cm³/mol. The van der Waals surface area contributed by atoms with Crippen LogP contribution in [-0.4, -0.2) is 0 Å². The van der Waals surface area contributed by atoms with E-state index in [9.17, 15) is 8.78 Å². The van der Waals surface area contributed by atoms with Gasteiger partial charge in [-0.3, -0.25) is 0 Å². The fourth-order valence-corrected chi connectivity index (χ4v) is 2.81. The fraction of sp³-hybridized carbons (Fsp3) is 0.143. The maximum Gasteiger partial charge on any atom is 0.125 e. The Hall–Kier alpha value is -0.260. The van der Waals surface area contributed by atoms with E-state index in [1.165, 1.54) is 12.1 Å². The van der Waals surface area contributed by atoms with Crippen molar-refractivity contribution in [3.63, 3.8) is 0 Å². The summed E-state index contributed by atoms with van der Waals surface area (Å²) >= 11 is 9.69. The summed E-state index contributed by atoms with van der Waals surface area (Å²) in [6.45, 7) is 1.52. The SMILES string of the molecule is Cc1c(Br)cc(F)cc1Br.FCc1cccc(Br)c1. The second-order valence-electron chi connectivity index (χ2n) is 3.76. The zero-order valence-electron chi connectivity index (χ0n) is 10.1. The molecule has 0 fully saturated rings. The van der Waals surface area contributed by atoms with Crippen LogP contribution in [0.3, 0.4) is 0 Å². The van der Waals surface area contributed by atoms with Gasteiger partial charge in [0.2, 0.25) is 0 Å². The van der Waals surface area contributed by atoms with E-state index in [1.54, 1.807) is 12.1 Å². The molecule has 0 saturated heterocycles. The van der Waals surface area contributed by atoms with Gasteiger partial charge in [-0.1, -0.05) is 59.9 Å². The van der Waals surface area contributed by atoms with Crippen LogP contribution in [0, 0.1) is 12.7 Å². The highest BCUT2D eigenvalue weighted by Crippen LogP contribution is 2.25. The van der Waals surface area contributed by atoms with Gasteiger partial charge in [0.1, 0.15) is 12.5 Å². The van der Waals surface area contributed by atoms with Crippen LogP contribution in [0.25, 0.3) is 0 Å². The Labute approximate surface area is 136 Å². The fourth-order valence-electron chi connectivity index (χ4n) is 1.23. The number of hydrogen-bond donors (Lipinski definition) is 0. The first kappa shape index (κ1) is 16.8. The lowest BCUT2D eigenvalue weighted by atomic mass is 10.2. The normalized spacial score (nSPS) is 9.79. The van der Waals surface area contributed by atoms with Crippen LogP contribution in [0.1, 0.15) is 11.1 Å². The van der Waals surface area contributed by atoms with Gasteiger partial charge in [0.25, 0.3) is 0 Å².